The summed E-state index contributed by atoms with van der Waals surface area (Å²) < 4.78 is 45.2. The summed E-state index contributed by atoms with van der Waals surface area (Å²) in [4.78, 5) is 38.9. The Labute approximate surface area is 212 Å². The van der Waals surface area contributed by atoms with E-state index >= 15 is 0 Å². The van der Waals surface area contributed by atoms with Crippen LogP contribution < -0.4 is 16.0 Å². The average Bonchev–Trinajstić information content (AvgIpc) is 3.49. The Kier molecular flexibility index (Phi) is 7.72. The van der Waals surface area contributed by atoms with E-state index in [0.29, 0.717) is 25.3 Å². The second-order valence-electron chi connectivity index (χ2n) is 9.52. The fraction of sp³-hybridized carbons (Fsp3) is 0.423. The highest BCUT2D eigenvalue weighted by molar-refractivity contribution is 5.90. The van der Waals surface area contributed by atoms with Crippen LogP contribution in [0.25, 0.3) is 0 Å². The van der Waals surface area contributed by atoms with Gasteiger partial charge in [-0.05, 0) is 36.2 Å². The summed E-state index contributed by atoms with van der Waals surface area (Å²) in [6, 6.07) is 12.0. The van der Waals surface area contributed by atoms with Crippen molar-refractivity contribution in [1.82, 2.24) is 15.5 Å². The quantitative estimate of drug-likeness (QED) is 0.499. The number of rotatable bonds is 8. The molecule has 0 bridgehead atoms. The largest absolute Gasteiger partial charge is 0.418 e. The van der Waals surface area contributed by atoms with Crippen LogP contribution in [0.3, 0.4) is 0 Å². The van der Waals surface area contributed by atoms with E-state index in [1.807, 2.05) is 0 Å². The first-order valence-corrected chi connectivity index (χ1v) is 12.0. The van der Waals surface area contributed by atoms with Crippen LogP contribution in [-0.4, -0.2) is 56.0 Å². The molecule has 11 heteroatoms. The monoisotopic (exact) mass is 518 g/mol. The Bertz CT molecular complexity index is 1150. The first-order valence-electron chi connectivity index (χ1n) is 12.0. The molecule has 2 heterocycles. The molecule has 2 saturated heterocycles. The molecule has 0 radical (unpaired) electrons. The van der Waals surface area contributed by atoms with E-state index < -0.39 is 23.1 Å². The SMILES string of the molecule is CN1CC(C(=O)NC[C@@]2(C(=O)NCc3ccc(Nc4ccccc4C(F)(F)F)cc3)CCOC2)CC1=O. The number of anilines is 2. The van der Waals surface area contributed by atoms with Crippen molar-refractivity contribution in [2.75, 3.05) is 38.7 Å². The summed E-state index contributed by atoms with van der Waals surface area (Å²) in [5.41, 5.74) is -0.476. The van der Waals surface area contributed by atoms with Gasteiger partial charge in [-0.3, -0.25) is 14.4 Å². The van der Waals surface area contributed by atoms with Crippen molar-refractivity contribution in [3.63, 3.8) is 0 Å². The Morgan fingerprint density at radius 3 is 2.46 bits per heavy atom. The highest BCUT2D eigenvalue weighted by Crippen LogP contribution is 2.36. The second kappa shape index (κ2) is 10.8. The van der Waals surface area contributed by atoms with Crippen LogP contribution in [0, 0.1) is 11.3 Å². The molecule has 4 rings (SSSR count). The van der Waals surface area contributed by atoms with Gasteiger partial charge in [0.25, 0.3) is 0 Å². The van der Waals surface area contributed by atoms with Gasteiger partial charge in [0.05, 0.1) is 29.2 Å². The minimum Gasteiger partial charge on any atom is -0.380 e. The fourth-order valence-electron chi connectivity index (χ4n) is 4.52. The summed E-state index contributed by atoms with van der Waals surface area (Å²) in [6.07, 6.45) is -3.87. The fourth-order valence-corrected chi connectivity index (χ4v) is 4.52. The van der Waals surface area contributed by atoms with Crippen LogP contribution in [-0.2, 0) is 31.8 Å². The third-order valence-electron chi connectivity index (χ3n) is 6.82. The highest BCUT2D eigenvalue weighted by Gasteiger charge is 2.43. The lowest BCUT2D eigenvalue weighted by molar-refractivity contribution is -0.137. The van der Waals surface area contributed by atoms with Crippen LogP contribution in [0.15, 0.2) is 48.5 Å². The van der Waals surface area contributed by atoms with Gasteiger partial charge in [-0.15, -0.1) is 0 Å². The van der Waals surface area contributed by atoms with Gasteiger partial charge in [0.2, 0.25) is 17.7 Å². The number of ether oxygens (including phenoxy) is 1. The highest BCUT2D eigenvalue weighted by atomic mass is 19.4. The molecule has 3 N–H and O–H groups in total. The van der Waals surface area contributed by atoms with Crippen molar-refractivity contribution >= 4 is 29.1 Å². The third-order valence-corrected chi connectivity index (χ3v) is 6.82. The molecule has 0 aliphatic carbocycles. The Morgan fingerprint density at radius 2 is 1.84 bits per heavy atom. The van der Waals surface area contributed by atoms with E-state index in [1.165, 1.54) is 23.1 Å². The molecule has 0 saturated carbocycles. The molecule has 2 aromatic carbocycles. The molecule has 2 aliphatic rings. The van der Waals surface area contributed by atoms with Gasteiger partial charge >= 0.3 is 6.18 Å². The van der Waals surface area contributed by atoms with E-state index in [-0.39, 0.29) is 49.5 Å². The van der Waals surface area contributed by atoms with Crippen LogP contribution >= 0.6 is 0 Å². The van der Waals surface area contributed by atoms with E-state index in [0.717, 1.165) is 11.6 Å². The topological polar surface area (TPSA) is 99.8 Å². The van der Waals surface area contributed by atoms with Gasteiger partial charge in [0.15, 0.2) is 0 Å². The summed E-state index contributed by atoms with van der Waals surface area (Å²) in [5, 5.41) is 8.50. The molecule has 1 unspecified atom stereocenters. The van der Waals surface area contributed by atoms with Crippen LogP contribution in [0.5, 0.6) is 0 Å². The summed E-state index contributed by atoms with van der Waals surface area (Å²) in [6.45, 7) is 1.23. The van der Waals surface area contributed by atoms with E-state index in [4.69, 9.17) is 4.74 Å². The van der Waals surface area contributed by atoms with Gasteiger partial charge in [-0.1, -0.05) is 24.3 Å². The van der Waals surface area contributed by atoms with E-state index in [9.17, 15) is 27.6 Å². The minimum absolute atomic E-state index is 0.0464. The van der Waals surface area contributed by atoms with Gasteiger partial charge < -0.3 is 25.6 Å². The Hall–Kier alpha value is -3.60. The standard InChI is InChI=1S/C26H29F3N4O4/c1-33-14-18(12-22(33)34)23(35)31-15-25(10-11-37-16-25)24(36)30-13-17-6-8-19(9-7-17)32-21-5-3-2-4-20(21)26(27,28)29/h2-9,18,32H,10-16H2,1H3,(H,30,36)(H,31,35)/t18?,25-/m0/s1. The second-order valence-corrected chi connectivity index (χ2v) is 9.52. The number of halogens is 3. The number of benzene rings is 2. The number of nitrogens with one attached hydrogen (secondary N) is 3. The smallest absolute Gasteiger partial charge is 0.380 e. The average molecular weight is 519 g/mol. The number of para-hydroxylation sites is 1. The molecule has 0 spiro atoms. The number of carbonyl (C=O) groups is 3. The van der Waals surface area contributed by atoms with Crippen molar-refractivity contribution in [3.8, 4) is 0 Å². The third kappa shape index (κ3) is 6.22. The number of hydrogen-bond donors (Lipinski definition) is 3. The summed E-state index contributed by atoms with van der Waals surface area (Å²) in [7, 11) is 1.65. The Balaban J connectivity index is 1.33. The lowest BCUT2D eigenvalue weighted by atomic mass is 9.85. The molecule has 37 heavy (non-hydrogen) atoms. The van der Waals surface area contributed by atoms with Crippen molar-refractivity contribution in [1.29, 1.82) is 0 Å². The maximum absolute atomic E-state index is 13.2. The number of hydrogen-bond acceptors (Lipinski definition) is 5. The molecule has 2 aromatic rings. The lowest BCUT2D eigenvalue weighted by Gasteiger charge is -2.27. The first kappa shape index (κ1) is 26.5. The first-order chi connectivity index (χ1) is 17.6. The van der Waals surface area contributed by atoms with Crippen LogP contribution in [0.4, 0.5) is 24.5 Å². The van der Waals surface area contributed by atoms with Gasteiger partial charge in [-0.2, -0.15) is 13.2 Å². The molecule has 2 fully saturated rings. The molecule has 2 atom stereocenters. The molecule has 3 amide bonds. The van der Waals surface area contributed by atoms with E-state index in [2.05, 4.69) is 16.0 Å². The zero-order chi connectivity index (χ0) is 26.6. The molecular formula is C26H29F3N4O4. The normalized spacial score (nSPS) is 21.7. The number of likely N-dealkylation sites (tertiary alicyclic amines) is 1. The minimum atomic E-state index is -4.47. The number of nitrogens with zero attached hydrogens (tertiary/aromatic N) is 1. The summed E-state index contributed by atoms with van der Waals surface area (Å²) in [5.74, 6) is -1.03. The lowest BCUT2D eigenvalue weighted by Crippen LogP contribution is -2.49. The van der Waals surface area contributed by atoms with Gasteiger partial charge in [0.1, 0.15) is 0 Å². The Morgan fingerprint density at radius 1 is 1.11 bits per heavy atom. The predicted molar refractivity (Wildman–Crippen MR) is 130 cm³/mol. The molecule has 0 aromatic heterocycles. The van der Waals surface area contributed by atoms with Crippen molar-refractivity contribution < 1.29 is 32.3 Å². The molecular weight excluding hydrogens is 489 g/mol. The van der Waals surface area contributed by atoms with Crippen LogP contribution in [0.2, 0.25) is 0 Å². The number of amides is 3. The zero-order valence-corrected chi connectivity index (χ0v) is 20.4. The van der Waals surface area contributed by atoms with Gasteiger partial charge in [-0.25, -0.2) is 0 Å². The maximum Gasteiger partial charge on any atom is 0.418 e. The van der Waals surface area contributed by atoms with Gasteiger partial charge in [0, 0.05) is 45.4 Å². The van der Waals surface area contributed by atoms with Crippen molar-refractivity contribution in [2.45, 2.75) is 25.6 Å². The molecule has 8 nitrogen and oxygen atoms in total. The molecule has 198 valence electrons. The number of carbonyl (C=O) groups excluding carboxylic acids is 3. The van der Waals surface area contributed by atoms with Crippen molar-refractivity contribution in [3.05, 3.63) is 59.7 Å². The summed E-state index contributed by atoms with van der Waals surface area (Å²) >= 11 is 0. The predicted octanol–water partition coefficient (Wildman–Crippen LogP) is 3.07. The zero-order valence-electron chi connectivity index (χ0n) is 20.4. The van der Waals surface area contributed by atoms with E-state index in [1.54, 1.807) is 31.3 Å². The molecule has 2 aliphatic heterocycles. The van der Waals surface area contributed by atoms with Crippen LogP contribution in [0.1, 0.15) is 24.0 Å². The van der Waals surface area contributed by atoms with Crippen molar-refractivity contribution in [2.24, 2.45) is 11.3 Å². The maximum atomic E-state index is 13.2. The number of alkyl halides is 3.